The minimum Gasteiger partial charge on any atom is -0.508 e. The third kappa shape index (κ3) is 2.77. The number of phenols is 1. The van der Waals surface area contributed by atoms with Crippen molar-refractivity contribution in [3.8, 4) is 5.75 Å². The summed E-state index contributed by atoms with van der Waals surface area (Å²) in [5, 5.41) is 19.8. The summed E-state index contributed by atoms with van der Waals surface area (Å²) in [7, 11) is 0. The Morgan fingerprint density at radius 3 is 2.76 bits per heavy atom. The van der Waals surface area contributed by atoms with Crippen LogP contribution >= 0.6 is 0 Å². The molecule has 1 aromatic carbocycles. The molecule has 0 spiro atoms. The molecule has 0 unspecified atom stereocenters. The van der Waals surface area contributed by atoms with E-state index < -0.39 is 6.10 Å². The smallest absolute Gasteiger partial charge is 0.119 e. The van der Waals surface area contributed by atoms with Gasteiger partial charge in [0.2, 0.25) is 0 Å². The first-order chi connectivity index (χ1) is 8.08. The molecule has 0 aliphatic heterocycles. The van der Waals surface area contributed by atoms with Crippen molar-refractivity contribution in [1.29, 1.82) is 0 Å². The fourth-order valence-corrected chi connectivity index (χ4v) is 2.19. The van der Waals surface area contributed by atoms with Crippen molar-refractivity contribution in [1.82, 2.24) is 10.9 Å². The molecule has 0 saturated heterocycles. The van der Waals surface area contributed by atoms with E-state index in [1.165, 1.54) is 0 Å². The Morgan fingerprint density at radius 2 is 2.06 bits per heavy atom. The second-order valence-corrected chi connectivity index (χ2v) is 4.94. The van der Waals surface area contributed by atoms with Crippen molar-refractivity contribution in [3.63, 3.8) is 0 Å². The SMILES string of the molecule is CC(C)NN[C@H]1Cc2cccc(O)c2C[C@@H]1O. The predicted octanol–water partition coefficient (Wildman–Crippen LogP) is 0.723. The number of fused-ring (bicyclic) bond motifs is 1. The van der Waals surface area contributed by atoms with Gasteiger partial charge in [-0.15, -0.1) is 0 Å². The van der Waals surface area contributed by atoms with E-state index in [1.54, 1.807) is 6.07 Å². The highest BCUT2D eigenvalue weighted by Crippen LogP contribution is 2.28. The molecular formula is C13H20N2O2. The number of rotatable bonds is 3. The molecule has 0 fully saturated rings. The minimum atomic E-state index is -0.470. The van der Waals surface area contributed by atoms with Crippen LogP contribution in [0, 0.1) is 0 Å². The van der Waals surface area contributed by atoms with E-state index in [0.29, 0.717) is 12.5 Å². The van der Waals surface area contributed by atoms with Gasteiger partial charge in [-0.3, -0.25) is 10.9 Å². The first kappa shape index (κ1) is 12.4. The van der Waals surface area contributed by atoms with Crippen LogP contribution in [-0.4, -0.2) is 28.4 Å². The highest BCUT2D eigenvalue weighted by molar-refractivity contribution is 5.42. The summed E-state index contributed by atoms with van der Waals surface area (Å²) in [6.07, 6.45) is 0.756. The van der Waals surface area contributed by atoms with Crippen molar-refractivity contribution in [2.24, 2.45) is 0 Å². The van der Waals surface area contributed by atoms with Gasteiger partial charge in [0.25, 0.3) is 0 Å². The zero-order chi connectivity index (χ0) is 12.4. The number of benzene rings is 1. The number of nitrogens with one attached hydrogen (secondary N) is 2. The predicted molar refractivity (Wildman–Crippen MR) is 66.7 cm³/mol. The number of hydrogen-bond donors (Lipinski definition) is 4. The largest absolute Gasteiger partial charge is 0.508 e. The number of phenolic OH excluding ortho intramolecular Hbond substituents is 1. The molecule has 17 heavy (non-hydrogen) atoms. The Kier molecular flexibility index (Phi) is 3.66. The zero-order valence-corrected chi connectivity index (χ0v) is 10.3. The van der Waals surface area contributed by atoms with Crippen LogP contribution in [0.25, 0.3) is 0 Å². The summed E-state index contributed by atoms with van der Waals surface area (Å²) < 4.78 is 0. The van der Waals surface area contributed by atoms with Crippen LogP contribution in [0.1, 0.15) is 25.0 Å². The van der Waals surface area contributed by atoms with Crippen molar-refractivity contribution < 1.29 is 10.2 Å². The third-order valence-electron chi connectivity index (χ3n) is 3.12. The third-order valence-corrected chi connectivity index (χ3v) is 3.12. The van der Waals surface area contributed by atoms with Crippen molar-refractivity contribution in [3.05, 3.63) is 29.3 Å². The molecule has 0 aromatic heterocycles. The molecule has 1 aliphatic rings. The lowest BCUT2D eigenvalue weighted by Crippen LogP contribution is -2.53. The van der Waals surface area contributed by atoms with Gasteiger partial charge in [0.15, 0.2) is 0 Å². The molecule has 2 atom stereocenters. The molecule has 94 valence electrons. The fourth-order valence-electron chi connectivity index (χ4n) is 2.19. The first-order valence-corrected chi connectivity index (χ1v) is 6.06. The average Bonchev–Trinajstić information content (AvgIpc) is 2.28. The van der Waals surface area contributed by atoms with Gasteiger partial charge in [0.05, 0.1) is 12.1 Å². The maximum absolute atomic E-state index is 10.0. The highest BCUT2D eigenvalue weighted by atomic mass is 16.3. The van der Waals surface area contributed by atoms with Gasteiger partial charge in [-0.1, -0.05) is 12.1 Å². The van der Waals surface area contributed by atoms with Crippen LogP contribution in [0.15, 0.2) is 18.2 Å². The van der Waals surface area contributed by atoms with E-state index in [2.05, 4.69) is 10.9 Å². The van der Waals surface area contributed by atoms with Gasteiger partial charge in [-0.2, -0.15) is 0 Å². The molecule has 4 nitrogen and oxygen atoms in total. The molecule has 1 aliphatic carbocycles. The Hall–Kier alpha value is -1.10. The minimum absolute atomic E-state index is 0.00769. The lowest BCUT2D eigenvalue weighted by molar-refractivity contribution is 0.108. The number of aromatic hydroxyl groups is 1. The summed E-state index contributed by atoms with van der Waals surface area (Å²) in [6.45, 7) is 4.09. The molecule has 0 heterocycles. The molecule has 4 heteroatoms. The Bertz CT molecular complexity index is 393. The number of aliphatic hydroxyl groups is 1. The van der Waals surface area contributed by atoms with Gasteiger partial charge in [0.1, 0.15) is 5.75 Å². The quantitative estimate of drug-likeness (QED) is 0.584. The van der Waals surface area contributed by atoms with Gasteiger partial charge >= 0.3 is 0 Å². The number of aliphatic hydroxyl groups excluding tert-OH is 1. The first-order valence-electron chi connectivity index (χ1n) is 6.06. The van der Waals surface area contributed by atoms with Crippen molar-refractivity contribution >= 4 is 0 Å². The summed E-state index contributed by atoms with van der Waals surface area (Å²) in [5.74, 6) is 0.289. The summed E-state index contributed by atoms with van der Waals surface area (Å²) in [5.41, 5.74) is 8.26. The molecule has 1 aromatic rings. The van der Waals surface area contributed by atoms with E-state index in [0.717, 1.165) is 17.5 Å². The van der Waals surface area contributed by atoms with E-state index in [-0.39, 0.29) is 11.8 Å². The second kappa shape index (κ2) is 5.04. The molecule has 4 N–H and O–H groups in total. The molecule has 0 bridgehead atoms. The molecular weight excluding hydrogens is 216 g/mol. The Labute approximate surface area is 102 Å². The maximum Gasteiger partial charge on any atom is 0.119 e. The molecule has 2 rings (SSSR count). The van der Waals surface area contributed by atoms with Crippen molar-refractivity contribution in [2.45, 2.75) is 44.9 Å². The lowest BCUT2D eigenvalue weighted by Gasteiger charge is -2.31. The highest BCUT2D eigenvalue weighted by Gasteiger charge is 2.28. The lowest BCUT2D eigenvalue weighted by atomic mass is 9.86. The molecule has 0 amide bonds. The molecule has 0 radical (unpaired) electrons. The summed E-state index contributed by atoms with van der Waals surface area (Å²) in [4.78, 5) is 0. The Balaban J connectivity index is 2.10. The Morgan fingerprint density at radius 1 is 1.29 bits per heavy atom. The van der Waals surface area contributed by atoms with Crippen LogP contribution < -0.4 is 10.9 Å². The van der Waals surface area contributed by atoms with E-state index >= 15 is 0 Å². The van der Waals surface area contributed by atoms with E-state index in [4.69, 9.17) is 0 Å². The summed E-state index contributed by atoms with van der Waals surface area (Å²) in [6, 6.07) is 5.84. The number of hydrazine groups is 1. The second-order valence-electron chi connectivity index (χ2n) is 4.94. The fraction of sp³-hybridized carbons (Fsp3) is 0.538. The van der Waals surface area contributed by atoms with E-state index in [1.807, 2.05) is 26.0 Å². The maximum atomic E-state index is 10.0. The van der Waals surface area contributed by atoms with Gasteiger partial charge < -0.3 is 10.2 Å². The van der Waals surface area contributed by atoms with Crippen LogP contribution in [0.3, 0.4) is 0 Å². The normalized spacial score (nSPS) is 23.8. The standard InChI is InChI=1S/C13H20N2O2/c1-8(2)14-15-11-6-9-4-3-5-12(16)10(9)7-13(11)17/h3-5,8,11,13-17H,6-7H2,1-2H3/t11-,13-/m0/s1. The average molecular weight is 236 g/mol. The van der Waals surface area contributed by atoms with Gasteiger partial charge in [0, 0.05) is 12.5 Å². The monoisotopic (exact) mass is 236 g/mol. The van der Waals surface area contributed by atoms with Crippen LogP contribution in [0.2, 0.25) is 0 Å². The van der Waals surface area contributed by atoms with Crippen molar-refractivity contribution in [2.75, 3.05) is 0 Å². The van der Waals surface area contributed by atoms with E-state index in [9.17, 15) is 10.2 Å². The summed E-state index contributed by atoms with van der Waals surface area (Å²) >= 11 is 0. The van der Waals surface area contributed by atoms with Crippen LogP contribution in [0.4, 0.5) is 0 Å². The molecule has 0 saturated carbocycles. The van der Waals surface area contributed by atoms with Crippen LogP contribution in [-0.2, 0) is 12.8 Å². The van der Waals surface area contributed by atoms with Gasteiger partial charge in [-0.05, 0) is 37.5 Å². The van der Waals surface area contributed by atoms with Gasteiger partial charge in [-0.25, -0.2) is 0 Å². The van der Waals surface area contributed by atoms with Crippen LogP contribution in [0.5, 0.6) is 5.75 Å². The topological polar surface area (TPSA) is 64.5 Å². The zero-order valence-electron chi connectivity index (χ0n) is 10.3. The number of hydrogen-bond acceptors (Lipinski definition) is 4.